The van der Waals surface area contributed by atoms with Gasteiger partial charge in [0.2, 0.25) is 0 Å². The van der Waals surface area contributed by atoms with Crippen LogP contribution in [0.4, 0.5) is 19.2 Å². The Hall–Kier alpha value is -2.87. The highest BCUT2D eigenvalue weighted by Gasteiger charge is 2.24. The third-order valence-electron chi connectivity index (χ3n) is 5.28. The standard InChI is InChI=1S/C9H16O4.C8H14O5.2C5H10O4.C3H5ClO.2CH4/c1-7(5-13-9(10)11-2)12-6-8-3-4-8;1-6(3-13-8(9)10-2)11-4-7-5-12-7;2*1-4(6)3-9-5(7)8-2;4-1-3-2-5-3;;/h7-8H,3-6H2,1-2H3;6-7H,3-5H2,1-2H3;2*4,6H,3H2,1-2H3;3H,1-2H2;2*1H4. The molecule has 3 aliphatic rings. The fourth-order valence-electron chi connectivity index (χ4n) is 2.26. The predicted molar refractivity (Wildman–Crippen MR) is 184 cm³/mol. The summed E-state index contributed by atoms with van der Waals surface area (Å²) in [5.74, 6) is 1.40. The number of hydrogen-bond donors (Lipinski definition) is 2. The molecule has 306 valence electrons. The van der Waals surface area contributed by atoms with Crippen molar-refractivity contribution >= 4 is 36.2 Å². The van der Waals surface area contributed by atoms with E-state index >= 15 is 0 Å². The smallest absolute Gasteiger partial charge is 0.438 e. The Labute approximate surface area is 307 Å². The van der Waals surface area contributed by atoms with Gasteiger partial charge in [0.1, 0.15) is 32.5 Å². The maximum atomic E-state index is 10.6. The van der Waals surface area contributed by atoms with Gasteiger partial charge < -0.3 is 67.1 Å². The molecule has 2 N–H and O–H groups in total. The summed E-state index contributed by atoms with van der Waals surface area (Å²) in [6, 6.07) is 0. The number of aliphatic hydroxyl groups excluding tert-OH is 2. The van der Waals surface area contributed by atoms with Crippen molar-refractivity contribution in [2.45, 2.75) is 92.0 Å². The number of rotatable bonds is 15. The molecule has 0 bridgehead atoms. The van der Waals surface area contributed by atoms with Crippen LogP contribution in [0.25, 0.3) is 0 Å². The molecule has 3 fully saturated rings. The highest BCUT2D eigenvalue weighted by molar-refractivity contribution is 6.18. The number of carbonyl (C=O) groups is 4. The second-order valence-corrected chi connectivity index (χ2v) is 10.9. The highest BCUT2D eigenvalue weighted by Crippen LogP contribution is 2.29. The summed E-state index contributed by atoms with van der Waals surface area (Å²) in [4.78, 5) is 41.4. The zero-order valence-corrected chi connectivity index (χ0v) is 30.4. The lowest BCUT2D eigenvalue weighted by Crippen LogP contribution is -2.20. The number of ether oxygens (including phenoxy) is 12. The fourth-order valence-corrected chi connectivity index (χ4v) is 2.44. The lowest BCUT2D eigenvalue weighted by atomic mass is 10.4. The molecule has 51 heavy (non-hydrogen) atoms. The molecule has 1 aliphatic carbocycles. The molecule has 0 aromatic heterocycles. The van der Waals surface area contributed by atoms with Crippen molar-refractivity contribution in [3.8, 4) is 0 Å². The predicted octanol–water partition coefficient (Wildman–Crippen LogP) is 4.35. The van der Waals surface area contributed by atoms with Crippen molar-refractivity contribution in [1.82, 2.24) is 0 Å². The van der Waals surface area contributed by atoms with Gasteiger partial charge in [-0.2, -0.15) is 0 Å². The molecule has 19 heteroatoms. The van der Waals surface area contributed by atoms with Crippen LogP contribution in [0.3, 0.4) is 0 Å². The van der Waals surface area contributed by atoms with Crippen molar-refractivity contribution in [3.63, 3.8) is 0 Å². The summed E-state index contributed by atoms with van der Waals surface area (Å²) in [5, 5.41) is 17.1. The van der Waals surface area contributed by atoms with Gasteiger partial charge in [-0.15, -0.1) is 11.6 Å². The van der Waals surface area contributed by atoms with E-state index in [1.54, 1.807) is 0 Å². The molecule has 1 saturated carbocycles. The van der Waals surface area contributed by atoms with E-state index in [-0.39, 0.29) is 59.6 Å². The van der Waals surface area contributed by atoms with E-state index in [0.29, 0.717) is 18.6 Å². The molecular weight excluding hydrogens is 708 g/mol. The van der Waals surface area contributed by atoms with Crippen LogP contribution in [0, 0.1) is 5.92 Å². The average molecular weight is 771 g/mol. The molecule has 0 amide bonds. The van der Waals surface area contributed by atoms with Crippen LogP contribution in [0.15, 0.2) is 0 Å². The second-order valence-electron chi connectivity index (χ2n) is 10.6. The Kier molecular flexibility index (Phi) is 38.2. The lowest BCUT2D eigenvalue weighted by molar-refractivity contribution is -0.00753. The van der Waals surface area contributed by atoms with E-state index in [4.69, 9.17) is 45.5 Å². The Bertz CT molecular complexity index is 788. The zero-order chi connectivity index (χ0) is 37.6. The topological polar surface area (TPSA) is 226 Å². The molecule has 0 aromatic carbocycles. The van der Waals surface area contributed by atoms with Gasteiger partial charge in [0.25, 0.3) is 0 Å². The summed E-state index contributed by atoms with van der Waals surface area (Å²) in [7, 11) is 4.98. The van der Waals surface area contributed by atoms with E-state index in [0.717, 1.165) is 25.7 Å². The Morgan fingerprint density at radius 1 is 0.608 bits per heavy atom. The van der Waals surface area contributed by atoms with Crippen LogP contribution < -0.4 is 0 Å². The van der Waals surface area contributed by atoms with Crippen LogP contribution >= 0.6 is 11.6 Å². The lowest BCUT2D eigenvalue weighted by Gasteiger charge is -2.12. The average Bonchev–Trinajstić information content (AvgIpc) is 3.94. The first-order valence-electron chi connectivity index (χ1n) is 15.4. The summed E-state index contributed by atoms with van der Waals surface area (Å²) < 4.78 is 55.4. The molecule has 2 heterocycles. The normalized spacial score (nSPS) is 17.9. The number of alkyl halides is 1. The Balaban J connectivity index is -0.000000276. The quantitative estimate of drug-likeness (QED) is 0.102. The maximum absolute atomic E-state index is 10.6. The van der Waals surface area contributed by atoms with E-state index < -0.39 is 36.8 Å². The minimum absolute atomic E-state index is 0. The molecule has 0 radical (unpaired) electrons. The third kappa shape index (κ3) is 45.1. The van der Waals surface area contributed by atoms with Crippen molar-refractivity contribution in [2.75, 3.05) is 87.2 Å². The first kappa shape index (κ1) is 54.9. The molecule has 0 spiro atoms. The van der Waals surface area contributed by atoms with Crippen molar-refractivity contribution in [1.29, 1.82) is 0 Å². The maximum Gasteiger partial charge on any atom is 0.508 e. The van der Waals surface area contributed by atoms with Crippen molar-refractivity contribution in [2.24, 2.45) is 5.92 Å². The van der Waals surface area contributed by atoms with Gasteiger partial charge in [-0.05, 0) is 46.5 Å². The molecule has 6 unspecified atom stereocenters. The van der Waals surface area contributed by atoms with Gasteiger partial charge in [0, 0.05) is 6.61 Å². The number of hydrogen-bond acceptors (Lipinski definition) is 18. The van der Waals surface area contributed by atoms with Gasteiger partial charge in [0.15, 0.2) is 0 Å². The van der Waals surface area contributed by atoms with Gasteiger partial charge in [-0.1, -0.05) is 14.9 Å². The zero-order valence-electron chi connectivity index (χ0n) is 29.6. The highest BCUT2D eigenvalue weighted by atomic mass is 35.5. The number of carbonyl (C=O) groups excluding carboxylic acids is 4. The summed E-state index contributed by atoms with van der Waals surface area (Å²) in [6.07, 6.45) is -1.13. The molecule has 2 aliphatic heterocycles. The molecule has 6 atom stereocenters. The Morgan fingerprint density at radius 3 is 1.16 bits per heavy atom. The van der Waals surface area contributed by atoms with E-state index in [2.05, 4.69) is 33.2 Å². The summed E-state index contributed by atoms with van der Waals surface area (Å²) in [6.45, 7) is 10.2. The molecule has 18 nitrogen and oxygen atoms in total. The first-order chi connectivity index (χ1) is 23.2. The van der Waals surface area contributed by atoms with E-state index in [9.17, 15) is 19.2 Å². The minimum atomic E-state index is -0.768. The van der Waals surface area contributed by atoms with Gasteiger partial charge in [-0.3, -0.25) is 0 Å². The monoisotopic (exact) mass is 770 g/mol. The summed E-state index contributed by atoms with van der Waals surface area (Å²) >= 11 is 5.27. The van der Waals surface area contributed by atoms with Gasteiger partial charge >= 0.3 is 24.6 Å². The first-order valence-corrected chi connectivity index (χ1v) is 16.0. The molecule has 0 aromatic rings. The van der Waals surface area contributed by atoms with Crippen LogP contribution in [0.1, 0.15) is 55.4 Å². The SMILES string of the molecule is C.C.COC(=O)OCC(C)O.COC(=O)OCC(C)O.COC(=O)OCC(C)OCC1CC1.COC(=O)OCC(C)OCC1CO1.ClCC1CO1. The van der Waals surface area contributed by atoms with Crippen LogP contribution in [0.2, 0.25) is 0 Å². The second kappa shape index (κ2) is 35.5. The Morgan fingerprint density at radius 2 is 0.922 bits per heavy atom. The van der Waals surface area contributed by atoms with Crippen molar-refractivity contribution < 1.29 is 86.2 Å². The van der Waals surface area contributed by atoms with Crippen LogP contribution in [0.5, 0.6) is 0 Å². The number of halogens is 1. The number of methoxy groups -OCH3 is 4. The van der Waals surface area contributed by atoms with Gasteiger partial charge in [0.05, 0.1) is 84.7 Å². The third-order valence-corrected chi connectivity index (χ3v) is 5.62. The van der Waals surface area contributed by atoms with E-state index in [1.165, 1.54) is 55.1 Å². The number of aliphatic hydroxyl groups is 2. The van der Waals surface area contributed by atoms with Gasteiger partial charge in [-0.25, -0.2) is 19.2 Å². The van der Waals surface area contributed by atoms with Crippen LogP contribution in [-0.2, 0) is 56.8 Å². The molecular formula is C32H63ClO18. The summed E-state index contributed by atoms with van der Waals surface area (Å²) in [5.41, 5.74) is 0. The number of epoxide rings is 2. The molecule has 2 saturated heterocycles. The molecule has 3 rings (SSSR count). The largest absolute Gasteiger partial charge is 0.508 e. The fraction of sp³-hybridized carbons (Fsp3) is 0.875. The van der Waals surface area contributed by atoms with Crippen LogP contribution in [-0.4, -0.2) is 159 Å². The van der Waals surface area contributed by atoms with Crippen molar-refractivity contribution in [3.05, 3.63) is 0 Å². The van der Waals surface area contributed by atoms with E-state index in [1.807, 2.05) is 13.8 Å². The minimum Gasteiger partial charge on any atom is -0.438 e.